The Bertz CT molecular complexity index is 278. The van der Waals surface area contributed by atoms with E-state index < -0.39 is 0 Å². The first-order valence-electron chi connectivity index (χ1n) is 3.01. The minimum Gasteiger partial charge on any atom is -0.101 e. The summed E-state index contributed by atoms with van der Waals surface area (Å²) in [6.07, 6.45) is 0. The maximum Gasteiger partial charge on any atom is 0.0418 e. The van der Waals surface area contributed by atoms with Crippen molar-refractivity contribution in [2.45, 2.75) is 6.92 Å². The molecule has 0 fully saturated rings. The van der Waals surface area contributed by atoms with Crippen LogP contribution in [0.5, 0.6) is 0 Å². The van der Waals surface area contributed by atoms with Gasteiger partial charge in [-0.25, -0.2) is 0 Å². The van der Waals surface area contributed by atoms with E-state index in [2.05, 4.69) is 11.8 Å². The van der Waals surface area contributed by atoms with Crippen LogP contribution in [-0.4, -0.2) is 0 Å². The quantitative estimate of drug-likeness (QED) is 0.499. The van der Waals surface area contributed by atoms with Crippen LogP contribution in [0.25, 0.3) is 0 Å². The molecule has 0 amide bonds. The highest BCUT2D eigenvalue weighted by molar-refractivity contribution is 6.30. The van der Waals surface area contributed by atoms with Crippen molar-refractivity contribution >= 4 is 11.6 Å². The Labute approximate surface area is 65.8 Å². The molecule has 1 rings (SSSR count). The molecule has 1 aromatic carbocycles. The second-order valence-corrected chi connectivity index (χ2v) is 2.32. The van der Waals surface area contributed by atoms with Crippen molar-refractivity contribution in [3.8, 4) is 11.8 Å². The summed E-state index contributed by atoms with van der Waals surface area (Å²) in [5, 5.41) is 0.736. The topological polar surface area (TPSA) is 0 Å². The molecule has 0 radical (unpaired) electrons. The van der Waals surface area contributed by atoms with Crippen LogP contribution in [-0.2, 0) is 0 Å². The lowest BCUT2D eigenvalue weighted by Gasteiger charge is -1.88. The summed E-state index contributed by atoms with van der Waals surface area (Å²) in [6, 6.07) is 7.50. The zero-order valence-corrected chi connectivity index (χ0v) is 6.44. The molecular formula is C9H7Cl. The van der Waals surface area contributed by atoms with E-state index in [-0.39, 0.29) is 0 Å². The first kappa shape index (κ1) is 7.18. The van der Waals surface area contributed by atoms with Crippen molar-refractivity contribution in [2.24, 2.45) is 0 Å². The number of hydrogen-bond donors (Lipinski definition) is 0. The van der Waals surface area contributed by atoms with E-state index in [1.54, 1.807) is 6.92 Å². The van der Waals surface area contributed by atoms with Crippen molar-refractivity contribution in [1.29, 1.82) is 0 Å². The average molecular weight is 151 g/mol. The fourth-order valence-corrected chi connectivity index (χ4v) is 0.901. The molecule has 0 heterocycles. The second-order valence-electron chi connectivity index (χ2n) is 1.89. The first-order chi connectivity index (χ1) is 4.83. The number of halogens is 1. The normalized spacial score (nSPS) is 8.20. The number of benzene rings is 1. The van der Waals surface area contributed by atoms with Crippen LogP contribution in [0.4, 0.5) is 0 Å². The molecule has 0 aromatic heterocycles. The fourth-order valence-electron chi connectivity index (χ4n) is 0.711. The van der Waals surface area contributed by atoms with Gasteiger partial charge in [0.1, 0.15) is 0 Å². The highest BCUT2D eigenvalue weighted by Crippen LogP contribution is 2.08. The average Bonchev–Trinajstić information content (AvgIpc) is 1.88. The zero-order chi connectivity index (χ0) is 7.40. The van der Waals surface area contributed by atoms with Crippen LogP contribution in [0.2, 0.25) is 5.02 Å². The molecular weight excluding hydrogens is 144 g/mol. The van der Waals surface area contributed by atoms with E-state index in [0.29, 0.717) is 0 Å². The van der Waals surface area contributed by atoms with Crippen LogP contribution in [0.3, 0.4) is 0 Å². The molecule has 0 saturated carbocycles. The van der Waals surface area contributed by atoms with Crippen LogP contribution in [0.1, 0.15) is 12.5 Å². The summed E-state index contributed by atoms with van der Waals surface area (Å²) in [7, 11) is 0. The molecule has 0 aliphatic rings. The smallest absolute Gasteiger partial charge is 0.0418 e. The summed E-state index contributed by atoms with van der Waals surface area (Å²) < 4.78 is 0. The van der Waals surface area contributed by atoms with Crippen molar-refractivity contribution in [1.82, 2.24) is 0 Å². The van der Waals surface area contributed by atoms with Gasteiger partial charge in [0.25, 0.3) is 0 Å². The molecule has 0 N–H and O–H groups in total. The molecule has 0 spiro atoms. The van der Waals surface area contributed by atoms with Crippen molar-refractivity contribution in [2.75, 3.05) is 0 Å². The number of hydrogen-bond acceptors (Lipinski definition) is 0. The Morgan fingerprint density at radius 3 is 2.80 bits per heavy atom. The Hall–Kier alpha value is -0.930. The number of rotatable bonds is 0. The molecule has 0 bridgehead atoms. The van der Waals surface area contributed by atoms with Crippen LogP contribution < -0.4 is 0 Å². The minimum absolute atomic E-state index is 0.736. The molecule has 1 heteroatoms. The van der Waals surface area contributed by atoms with Gasteiger partial charge in [-0.05, 0) is 25.1 Å². The van der Waals surface area contributed by atoms with Crippen LogP contribution >= 0.6 is 11.6 Å². The van der Waals surface area contributed by atoms with Crippen molar-refractivity contribution < 1.29 is 0 Å². The maximum absolute atomic E-state index is 5.71. The van der Waals surface area contributed by atoms with E-state index >= 15 is 0 Å². The third-order valence-electron chi connectivity index (χ3n) is 1.09. The Morgan fingerprint density at radius 2 is 2.20 bits per heavy atom. The third kappa shape index (κ3) is 1.79. The highest BCUT2D eigenvalue weighted by Gasteiger charge is 1.86. The summed E-state index contributed by atoms with van der Waals surface area (Å²) >= 11 is 5.71. The van der Waals surface area contributed by atoms with Gasteiger partial charge in [-0.15, -0.1) is 5.92 Å². The lowest BCUT2D eigenvalue weighted by molar-refractivity contribution is 1.64. The van der Waals surface area contributed by atoms with Crippen molar-refractivity contribution in [3.05, 3.63) is 34.9 Å². The largest absolute Gasteiger partial charge is 0.101 e. The van der Waals surface area contributed by atoms with Gasteiger partial charge in [-0.1, -0.05) is 23.6 Å². The molecule has 50 valence electrons. The molecule has 0 aliphatic heterocycles. The fraction of sp³-hybridized carbons (Fsp3) is 0.111. The molecule has 0 saturated heterocycles. The molecule has 0 aliphatic carbocycles. The molecule has 0 nitrogen and oxygen atoms in total. The zero-order valence-electron chi connectivity index (χ0n) is 5.69. The lowest BCUT2D eigenvalue weighted by atomic mass is 10.2. The van der Waals surface area contributed by atoms with Gasteiger partial charge in [0.15, 0.2) is 0 Å². The van der Waals surface area contributed by atoms with Gasteiger partial charge in [0.2, 0.25) is 0 Å². The standard InChI is InChI=1S/C9H7Cl/c1-2-4-8-5-3-6-9(10)7-8/h3,5-7H,1H3. The third-order valence-corrected chi connectivity index (χ3v) is 1.33. The molecule has 1 aromatic rings. The van der Waals surface area contributed by atoms with Gasteiger partial charge in [0, 0.05) is 10.6 Å². The molecule has 0 unspecified atom stereocenters. The van der Waals surface area contributed by atoms with E-state index in [1.165, 1.54) is 0 Å². The second kappa shape index (κ2) is 3.29. The predicted octanol–water partition coefficient (Wildman–Crippen LogP) is 2.71. The van der Waals surface area contributed by atoms with E-state index in [4.69, 9.17) is 11.6 Å². The maximum atomic E-state index is 5.71. The SMILES string of the molecule is CC#Cc1cccc(Cl)c1. The van der Waals surface area contributed by atoms with Gasteiger partial charge < -0.3 is 0 Å². The van der Waals surface area contributed by atoms with E-state index in [9.17, 15) is 0 Å². The summed E-state index contributed by atoms with van der Waals surface area (Å²) in [5.74, 6) is 5.72. The summed E-state index contributed by atoms with van der Waals surface area (Å²) in [4.78, 5) is 0. The predicted molar refractivity (Wildman–Crippen MR) is 44.0 cm³/mol. The Kier molecular flexibility index (Phi) is 2.36. The van der Waals surface area contributed by atoms with Gasteiger partial charge in [-0.3, -0.25) is 0 Å². The summed E-state index contributed by atoms with van der Waals surface area (Å²) in [6.45, 7) is 1.81. The lowest BCUT2D eigenvalue weighted by Crippen LogP contribution is -1.70. The summed E-state index contributed by atoms with van der Waals surface area (Å²) in [5.41, 5.74) is 0.968. The van der Waals surface area contributed by atoms with Gasteiger partial charge in [-0.2, -0.15) is 0 Å². The van der Waals surface area contributed by atoms with E-state index in [1.807, 2.05) is 24.3 Å². The Balaban J connectivity index is 3.03. The Morgan fingerprint density at radius 1 is 1.40 bits per heavy atom. The van der Waals surface area contributed by atoms with Crippen molar-refractivity contribution in [3.63, 3.8) is 0 Å². The van der Waals surface area contributed by atoms with Gasteiger partial charge >= 0.3 is 0 Å². The highest BCUT2D eigenvalue weighted by atomic mass is 35.5. The van der Waals surface area contributed by atoms with E-state index in [0.717, 1.165) is 10.6 Å². The van der Waals surface area contributed by atoms with Gasteiger partial charge in [0.05, 0.1) is 0 Å². The first-order valence-corrected chi connectivity index (χ1v) is 3.39. The minimum atomic E-state index is 0.736. The molecule has 0 atom stereocenters. The van der Waals surface area contributed by atoms with Crippen LogP contribution in [0, 0.1) is 11.8 Å². The van der Waals surface area contributed by atoms with Crippen LogP contribution in [0.15, 0.2) is 24.3 Å². The monoisotopic (exact) mass is 150 g/mol. The molecule has 10 heavy (non-hydrogen) atoms.